The Kier molecular flexibility index (Phi) is 8.08. The molecule has 4 heterocycles. The fourth-order valence-electron chi connectivity index (χ4n) is 9.34. The second-order valence-electron chi connectivity index (χ2n) is 16.0. The van der Waals surface area contributed by atoms with Gasteiger partial charge in [-0.1, -0.05) is 182 Å². The van der Waals surface area contributed by atoms with Crippen molar-refractivity contribution in [3.63, 3.8) is 0 Å². The smallest absolute Gasteiger partial charge is 0.164 e. The highest BCUT2D eigenvalue weighted by Crippen LogP contribution is 2.49. The van der Waals surface area contributed by atoms with Crippen molar-refractivity contribution < 1.29 is 0 Å². The molecule has 1 aliphatic heterocycles. The van der Waals surface area contributed by atoms with Gasteiger partial charge in [-0.15, -0.1) is 0 Å². The van der Waals surface area contributed by atoms with E-state index in [9.17, 15) is 0 Å². The monoisotopic (exact) mass is 821 g/mol. The third-order valence-corrected chi connectivity index (χ3v) is 13.5. The molecule has 0 aliphatic carbocycles. The van der Waals surface area contributed by atoms with Crippen LogP contribution in [0.25, 0.3) is 111 Å². The summed E-state index contributed by atoms with van der Waals surface area (Å²) in [7, 11) is 0. The fourth-order valence-corrected chi connectivity index (χ4v) is 10.4. The summed E-state index contributed by atoms with van der Waals surface area (Å²) in [6.07, 6.45) is 0. The molecule has 0 saturated heterocycles. The number of fused-ring (bicyclic) bond motifs is 8. The lowest BCUT2D eigenvalue weighted by molar-refractivity contribution is 1.03. The summed E-state index contributed by atoms with van der Waals surface area (Å²) in [5.41, 5.74) is 13.3. The van der Waals surface area contributed by atoms with Gasteiger partial charge in [-0.25, -0.2) is 15.0 Å². The Morgan fingerprint density at radius 3 is 1.65 bits per heavy atom. The molecular weight excluding hydrogens is 787 g/mol. The maximum absolute atomic E-state index is 5.12. The van der Waals surface area contributed by atoms with Crippen LogP contribution in [0, 0.1) is 0 Å². The molecule has 0 bridgehead atoms. The van der Waals surface area contributed by atoms with Crippen LogP contribution in [-0.4, -0.2) is 24.1 Å². The van der Waals surface area contributed by atoms with Crippen LogP contribution >= 0.6 is 11.8 Å². The first kappa shape index (κ1) is 35.7. The lowest BCUT2D eigenvalue weighted by Gasteiger charge is -2.21. The van der Waals surface area contributed by atoms with Crippen molar-refractivity contribution in [1.82, 2.24) is 24.1 Å². The normalized spacial score (nSPS) is 12.1. The van der Waals surface area contributed by atoms with Gasteiger partial charge in [-0.3, -0.25) is 9.13 Å². The second kappa shape index (κ2) is 14.3. The average molecular weight is 822 g/mol. The molecule has 0 atom stereocenters. The molecule has 12 aromatic rings. The third kappa shape index (κ3) is 5.83. The van der Waals surface area contributed by atoms with Crippen LogP contribution in [0.3, 0.4) is 0 Å². The van der Waals surface area contributed by atoms with Gasteiger partial charge < -0.3 is 0 Å². The van der Waals surface area contributed by atoms with Gasteiger partial charge in [0, 0.05) is 48.3 Å². The van der Waals surface area contributed by atoms with Crippen LogP contribution < -0.4 is 0 Å². The standard InChI is InChI=1S/C57H35N5S/c1-3-12-36(13-4-1)38-22-27-40(28-23-38)54-58-55(60-56(59-54)44-31-26-37-14-7-8-15-42(37)34-44)41-29-24-39(25-30-41)43-32-33-46-49(35-43)61(45-16-5-2-6-17-45)57-52(46)47-18-11-21-51-53(47)62(57)48-19-9-10-20-50(48)63-51/h1-35H. The van der Waals surface area contributed by atoms with Gasteiger partial charge in [-0.2, -0.15) is 0 Å². The summed E-state index contributed by atoms with van der Waals surface area (Å²) in [5, 5.41) is 6.09. The van der Waals surface area contributed by atoms with E-state index in [4.69, 9.17) is 15.0 Å². The van der Waals surface area contributed by atoms with Gasteiger partial charge in [0.2, 0.25) is 0 Å². The number of para-hydroxylation sites is 3. The molecule has 0 spiro atoms. The van der Waals surface area contributed by atoms with E-state index < -0.39 is 0 Å². The summed E-state index contributed by atoms with van der Waals surface area (Å²) in [5.74, 6) is 1.90. The number of aromatic nitrogens is 5. The van der Waals surface area contributed by atoms with Crippen molar-refractivity contribution in [2.75, 3.05) is 0 Å². The highest BCUT2D eigenvalue weighted by Gasteiger charge is 2.28. The van der Waals surface area contributed by atoms with Crippen molar-refractivity contribution in [3.8, 4) is 67.8 Å². The number of hydrogen-bond donors (Lipinski definition) is 0. The van der Waals surface area contributed by atoms with Crippen LogP contribution in [0.5, 0.6) is 0 Å². The Labute approximate surface area is 367 Å². The molecule has 5 nitrogen and oxygen atoms in total. The Hall–Kier alpha value is -8.06. The minimum Gasteiger partial charge on any atom is -0.295 e. The second-order valence-corrected chi connectivity index (χ2v) is 17.1. The molecule has 294 valence electrons. The van der Waals surface area contributed by atoms with Crippen molar-refractivity contribution in [2.24, 2.45) is 0 Å². The highest BCUT2D eigenvalue weighted by molar-refractivity contribution is 7.99. The summed E-state index contributed by atoms with van der Waals surface area (Å²) in [6.45, 7) is 0. The number of nitrogens with zero attached hydrogens (tertiary/aromatic N) is 5. The molecule has 0 fully saturated rings. The SMILES string of the molecule is c1ccc(-c2ccc(-c3nc(-c4ccc(-c5ccc6c7c8cccc9c8n(c7n(-c7ccccc7)c6c5)-c5ccccc5S9)cc4)nc(-c4ccc5ccccc5c4)n3)cc2)cc1. The summed E-state index contributed by atoms with van der Waals surface area (Å²) in [4.78, 5) is 17.8. The van der Waals surface area contributed by atoms with Gasteiger partial charge in [0.25, 0.3) is 0 Å². The molecule has 9 aromatic carbocycles. The average Bonchev–Trinajstić information content (AvgIpc) is 3.88. The molecule has 6 heteroatoms. The van der Waals surface area contributed by atoms with Gasteiger partial charge in [0.1, 0.15) is 5.65 Å². The Morgan fingerprint density at radius 2 is 0.905 bits per heavy atom. The molecular formula is C57H35N5S. The topological polar surface area (TPSA) is 48.5 Å². The van der Waals surface area contributed by atoms with Crippen LogP contribution in [-0.2, 0) is 0 Å². The van der Waals surface area contributed by atoms with Crippen LogP contribution in [0.2, 0.25) is 0 Å². The van der Waals surface area contributed by atoms with E-state index in [-0.39, 0.29) is 0 Å². The molecule has 1 aliphatic rings. The molecule has 0 saturated carbocycles. The van der Waals surface area contributed by atoms with Gasteiger partial charge in [0.05, 0.1) is 16.7 Å². The van der Waals surface area contributed by atoms with E-state index in [1.165, 1.54) is 59.3 Å². The predicted molar refractivity (Wildman–Crippen MR) is 260 cm³/mol. The zero-order valence-corrected chi connectivity index (χ0v) is 34.7. The minimum atomic E-state index is 0.629. The maximum atomic E-state index is 5.12. The van der Waals surface area contributed by atoms with E-state index in [1.807, 2.05) is 17.8 Å². The predicted octanol–water partition coefficient (Wildman–Crippen LogP) is 14.9. The van der Waals surface area contributed by atoms with Crippen molar-refractivity contribution in [3.05, 3.63) is 212 Å². The highest BCUT2D eigenvalue weighted by atomic mass is 32.2. The molecule has 0 unspecified atom stereocenters. The molecule has 13 rings (SSSR count). The first-order valence-electron chi connectivity index (χ1n) is 21.2. The van der Waals surface area contributed by atoms with Crippen LogP contribution in [0.4, 0.5) is 0 Å². The lowest BCUT2D eigenvalue weighted by atomic mass is 10.0. The number of benzene rings is 9. The van der Waals surface area contributed by atoms with Gasteiger partial charge in [-0.05, 0) is 75.5 Å². The lowest BCUT2D eigenvalue weighted by Crippen LogP contribution is -2.05. The van der Waals surface area contributed by atoms with E-state index in [0.29, 0.717) is 17.5 Å². The first-order chi connectivity index (χ1) is 31.2. The third-order valence-electron chi connectivity index (χ3n) is 12.4. The number of rotatable bonds is 6. The van der Waals surface area contributed by atoms with E-state index >= 15 is 0 Å². The van der Waals surface area contributed by atoms with E-state index in [0.717, 1.165) is 44.5 Å². The molecule has 0 radical (unpaired) electrons. The summed E-state index contributed by atoms with van der Waals surface area (Å²) in [6, 6.07) is 75.5. The summed E-state index contributed by atoms with van der Waals surface area (Å²) < 4.78 is 4.94. The molecule has 3 aromatic heterocycles. The zero-order chi connectivity index (χ0) is 41.4. The fraction of sp³-hybridized carbons (Fsp3) is 0. The van der Waals surface area contributed by atoms with Gasteiger partial charge >= 0.3 is 0 Å². The van der Waals surface area contributed by atoms with Crippen molar-refractivity contribution in [1.29, 1.82) is 0 Å². The Bertz CT molecular complexity index is 3740. The maximum Gasteiger partial charge on any atom is 0.164 e. The van der Waals surface area contributed by atoms with Crippen LogP contribution in [0.1, 0.15) is 0 Å². The van der Waals surface area contributed by atoms with Crippen molar-refractivity contribution in [2.45, 2.75) is 9.79 Å². The van der Waals surface area contributed by atoms with E-state index in [2.05, 4.69) is 215 Å². The Morgan fingerprint density at radius 1 is 0.349 bits per heavy atom. The Balaban J connectivity index is 0.941. The zero-order valence-electron chi connectivity index (χ0n) is 33.9. The summed E-state index contributed by atoms with van der Waals surface area (Å²) >= 11 is 1.86. The minimum absolute atomic E-state index is 0.629. The van der Waals surface area contributed by atoms with E-state index in [1.54, 1.807) is 0 Å². The molecule has 0 N–H and O–H groups in total. The first-order valence-corrected chi connectivity index (χ1v) is 22.0. The van der Waals surface area contributed by atoms with Crippen molar-refractivity contribution >= 4 is 55.4 Å². The van der Waals surface area contributed by atoms with Gasteiger partial charge in [0.15, 0.2) is 17.5 Å². The van der Waals surface area contributed by atoms with Crippen LogP contribution in [0.15, 0.2) is 222 Å². The number of hydrogen-bond acceptors (Lipinski definition) is 4. The molecule has 63 heavy (non-hydrogen) atoms. The molecule has 0 amide bonds. The quantitative estimate of drug-likeness (QED) is 0.168. The largest absolute Gasteiger partial charge is 0.295 e.